The molecule has 0 aromatic heterocycles. The molecule has 22 heavy (non-hydrogen) atoms. The first kappa shape index (κ1) is 16.5. The maximum Gasteiger partial charge on any atom is 0.336 e. The molecule has 2 rings (SSSR count). The van der Waals surface area contributed by atoms with Gasteiger partial charge in [0.15, 0.2) is 0 Å². The minimum Gasteiger partial charge on any atom is -0.497 e. The second-order valence-electron chi connectivity index (χ2n) is 5.04. The van der Waals surface area contributed by atoms with Crippen LogP contribution < -0.4 is 9.47 Å². The molecule has 0 radical (unpaired) electrons. The molecule has 1 aromatic carbocycles. The Morgan fingerprint density at radius 3 is 2.77 bits per heavy atom. The van der Waals surface area contributed by atoms with Crippen molar-refractivity contribution in [2.45, 2.75) is 12.6 Å². The van der Waals surface area contributed by atoms with E-state index >= 15 is 0 Å². The van der Waals surface area contributed by atoms with E-state index < -0.39 is 5.97 Å². The second-order valence-corrected chi connectivity index (χ2v) is 5.04. The van der Waals surface area contributed by atoms with Crippen LogP contribution in [0.4, 0.5) is 0 Å². The van der Waals surface area contributed by atoms with Crippen molar-refractivity contribution >= 4 is 5.97 Å². The smallest absolute Gasteiger partial charge is 0.336 e. The van der Waals surface area contributed by atoms with E-state index in [-0.39, 0.29) is 18.2 Å². The number of methoxy groups -OCH3 is 2. The van der Waals surface area contributed by atoms with E-state index in [9.17, 15) is 15.0 Å². The quantitative estimate of drug-likeness (QED) is 0.795. The number of rotatable bonds is 6. The summed E-state index contributed by atoms with van der Waals surface area (Å²) in [5.74, 6) is -0.153. The summed E-state index contributed by atoms with van der Waals surface area (Å²) in [5, 5.41) is 18.9. The lowest BCUT2D eigenvalue weighted by atomic mass is 10.0. The van der Waals surface area contributed by atoms with Crippen LogP contribution in [0.5, 0.6) is 11.5 Å². The van der Waals surface area contributed by atoms with Crippen LogP contribution in [-0.4, -0.2) is 67.7 Å². The van der Waals surface area contributed by atoms with Crippen molar-refractivity contribution in [1.82, 2.24) is 4.90 Å². The topological polar surface area (TPSA) is 88.5 Å². The third-order valence-corrected chi connectivity index (χ3v) is 3.79. The normalized spacial score (nSPS) is 19.0. The van der Waals surface area contributed by atoms with E-state index in [0.29, 0.717) is 43.4 Å². The monoisotopic (exact) mass is 311 g/mol. The standard InChI is InChI=1S/C15H21NO6/c1-20-11-5-12(15(18)19)13(14(6-11)21-2)7-16-3-4-22-9-10(16)8-17/h5-6,10,17H,3-4,7-9H2,1-2H3,(H,18,19)/t10-/m0/s1. The first-order valence-electron chi connectivity index (χ1n) is 7.01. The molecule has 1 atom stereocenters. The van der Waals surface area contributed by atoms with E-state index in [4.69, 9.17) is 14.2 Å². The van der Waals surface area contributed by atoms with Crippen LogP contribution in [0.1, 0.15) is 15.9 Å². The van der Waals surface area contributed by atoms with Gasteiger partial charge in [0, 0.05) is 24.7 Å². The highest BCUT2D eigenvalue weighted by Gasteiger charge is 2.26. The first-order valence-corrected chi connectivity index (χ1v) is 7.01. The summed E-state index contributed by atoms with van der Waals surface area (Å²) in [6.45, 7) is 1.93. The third kappa shape index (κ3) is 3.49. The lowest BCUT2D eigenvalue weighted by Crippen LogP contribution is -2.47. The van der Waals surface area contributed by atoms with Crippen molar-refractivity contribution in [2.75, 3.05) is 40.6 Å². The third-order valence-electron chi connectivity index (χ3n) is 3.79. The molecule has 2 N–H and O–H groups in total. The fourth-order valence-electron chi connectivity index (χ4n) is 2.54. The molecule has 1 saturated heterocycles. The van der Waals surface area contributed by atoms with Gasteiger partial charge in [-0.3, -0.25) is 4.90 Å². The average molecular weight is 311 g/mol. The van der Waals surface area contributed by atoms with Crippen LogP contribution in [0, 0.1) is 0 Å². The number of aromatic carboxylic acids is 1. The number of ether oxygens (including phenoxy) is 3. The Hall–Kier alpha value is -1.83. The van der Waals surface area contributed by atoms with Crippen molar-refractivity contribution in [1.29, 1.82) is 0 Å². The molecule has 1 fully saturated rings. The number of hydrogen-bond donors (Lipinski definition) is 2. The minimum absolute atomic E-state index is 0.0408. The van der Waals surface area contributed by atoms with Gasteiger partial charge in [0.2, 0.25) is 0 Å². The Balaban J connectivity index is 2.37. The van der Waals surface area contributed by atoms with Gasteiger partial charge < -0.3 is 24.4 Å². The molecule has 0 spiro atoms. The molecule has 0 unspecified atom stereocenters. The Morgan fingerprint density at radius 1 is 1.41 bits per heavy atom. The van der Waals surface area contributed by atoms with Gasteiger partial charge >= 0.3 is 5.97 Å². The second kappa shape index (κ2) is 7.44. The number of carbonyl (C=O) groups is 1. The Kier molecular flexibility index (Phi) is 5.59. The molecular weight excluding hydrogens is 290 g/mol. The number of aliphatic hydroxyl groups is 1. The molecular formula is C15H21NO6. The number of carboxylic acid groups (broad SMARTS) is 1. The summed E-state index contributed by atoms with van der Waals surface area (Å²) in [5.41, 5.74) is 0.704. The summed E-state index contributed by atoms with van der Waals surface area (Å²) in [6, 6.07) is 2.99. The molecule has 0 saturated carbocycles. The van der Waals surface area contributed by atoms with Gasteiger partial charge in [-0.2, -0.15) is 0 Å². The highest BCUT2D eigenvalue weighted by Crippen LogP contribution is 2.30. The zero-order valence-corrected chi connectivity index (χ0v) is 12.7. The molecule has 1 heterocycles. The number of nitrogens with zero attached hydrogens (tertiary/aromatic N) is 1. The highest BCUT2D eigenvalue weighted by atomic mass is 16.5. The van der Waals surface area contributed by atoms with Crippen LogP contribution >= 0.6 is 0 Å². The number of carboxylic acids is 1. The predicted molar refractivity (Wildman–Crippen MR) is 78.6 cm³/mol. The fourth-order valence-corrected chi connectivity index (χ4v) is 2.54. The number of benzene rings is 1. The van der Waals surface area contributed by atoms with Crippen molar-refractivity contribution in [3.8, 4) is 11.5 Å². The van der Waals surface area contributed by atoms with E-state index in [1.807, 2.05) is 4.90 Å². The fraction of sp³-hybridized carbons (Fsp3) is 0.533. The number of hydrogen-bond acceptors (Lipinski definition) is 6. The Labute approximate surface area is 129 Å². The average Bonchev–Trinajstić information content (AvgIpc) is 2.55. The van der Waals surface area contributed by atoms with Crippen molar-refractivity contribution in [3.63, 3.8) is 0 Å². The molecule has 7 heteroatoms. The van der Waals surface area contributed by atoms with Gasteiger partial charge in [-0.05, 0) is 6.07 Å². The van der Waals surface area contributed by atoms with E-state index in [0.717, 1.165) is 0 Å². The molecule has 122 valence electrons. The van der Waals surface area contributed by atoms with Crippen molar-refractivity contribution < 1.29 is 29.2 Å². The Bertz CT molecular complexity index is 533. The highest BCUT2D eigenvalue weighted by molar-refractivity contribution is 5.91. The summed E-state index contributed by atoms with van der Waals surface area (Å²) >= 11 is 0. The lowest BCUT2D eigenvalue weighted by molar-refractivity contribution is -0.0315. The summed E-state index contributed by atoms with van der Waals surface area (Å²) in [7, 11) is 2.97. The van der Waals surface area contributed by atoms with Crippen LogP contribution in [-0.2, 0) is 11.3 Å². The van der Waals surface area contributed by atoms with Crippen LogP contribution in [0.2, 0.25) is 0 Å². The summed E-state index contributed by atoms with van der Waals surface area (Å²) in [6.07, 6.45) is 0. The maximum absolute atomic E-state index is 11.5. The molecule has 1 aromatic rings. The zero-order chi connectivity index (χ0) is 16.1. The predicted octanol–water partition coefficient (Wildman–Crippen LogP) is 0.595. The largest absolute Gasteiger partial charge is 0.497 e. The summed E-state index contributed by atoms with van der Waals surface area (Å²) < 4.78 is 15.8. The van der Waals surface area contributed by atoms with Gasteiger partial charge in [-0.25, -0.2) is 4.79 Å². The van der Waals surface area contributed by atoms with E-state index in [1.165, 1.54) is 20.3 Å². The first-order chi connectivity index (χ1) is 10.6. The summed E-state index contributed by atoms with van der Waals surface area (Å²) in [4.78, 5) is 13.5. The molecule has 1 aliphatic rings. The number of morpholine rings is 1. The van der Waals surface area contributed by atoms with Gasteiger partial charge in [0.05, 0.1) is 45.6 Å². The van der Waals surface area contributed by atoms with Crippen molar-refractivity contribution in [2.24, 2.45) is 0 Å². The van der Waals surface area contributed by atoms with Gasteiger partial charge in [-0.15, -0.1) is 0 Å². The molecule has 0 aliphatic carbocycles. The molecule has 0 bridgehead atoms. The van der Waals surface area contributed by atoms with E-state index in [1.54, 1.807) is 6.07 Å². The zero-order valence-electron chi connectivity index (χ0n) is 12.7. The Morgan fingerprint density at radius 2 is 2.18 bits per heavy atom. The lowest BCUT2D eigenvalue weighted by Gasteiger charge is -2.35. The molecule has 7 nitrogen and oxygen atoms in total. The molecule has 1 aliphatic heterocycles. The van der Waals surface area contributed by atoms with Crippen LogP contribution in [0.3, 0.4) is 0 Å². The van der Waals surface area contributed by atoms with Crippen LogP contribution in [0.25, 0.3) is 0 Å². The SMILES string of the molecule is COc1cc(OC)c(CN2CCOC[C@@H]2CO)c(C(=O)O)c1. The maximum atomic E-state index is 11.5. The van der Waals surface area contributed by atoms with Crippen LogP contribution in [0.15, 0.2) is 12.1 Å². The van der Waals surface area contributed by atoms with Crippen molar-refractivity contribution in [3.05, 3.63) is 23.3 Å². The number of aliphatic hydroxyl groups excluding tert-OH is 1. The van der Waals surface area contributed by atoms with Gasteiger partial charge in [-0.1, -0.05) is 0 Å². The van der Waals surface area contributed by atoms with Gasteiger partial charge in [0.25, 0.3) is 0 Å². The van der Waals surface area contributed by atoms with E-state index in [2.05, 4.69) is 0 Å². The molecule has 0 amide bonds. The van der Waals surface area contributed by atoms with Gasteiger partial charge in [0.1, 0.15) is 11.5 Å². The minimum atomic E-state index is -1.04.